The first-order valence-corrected chi connectivity index (χ1v) is 3.71. The SMILES string of the molecule is NCC1(C(N)=O)CCCC1. The Balaban J connectivity index is 2.67. The second-order valence-corrected chi connectivity index (χ2v) is 3.06. The van der Waals surface area contributed by atoms with E-state index in [1.165, 1.54) is 0 Å². The van der Waals surface area contributed by atoms with Crippen LogP contribution in [0.5, 0.6) is 0 Å². The lowest BCUT2D eigenvalue weighted by atomic mass is 9.86. The second kappa shape index (κ2) is 2.58. The van der Waals surface area contributed by atoms with Gasteiger partial charge in [-0.3, -0.25) is 4.79 Å². The van der Waals surface area contributed by atoms with E-state index in [-0.39, 0.29) is 11.3 Å². The summed E-state index contributed by atoms with van der Waals surface area (Å²) >= 11 is 0. The number of hydrogen-bond donors (Lipinski definition) is 2. The van der Waals surface area contributed by atoms with Crippen LogP contribution < -0.4 is 11.5 Å². The van der Waals surface area contributed by atoms with Crippen molar-refractivity contribution in [1.82, 2.24) is 0 Å². The number of nitrogens with two attached hydrogens (primary N) is 2. The van der Waals surface area contributed by atoms with Crippen LogP contribution in [0.3, 0.4) is 0 Å². The third-order valence-corrected chi connectivity index (χ3v) is 2.47. The smallest absolute Gasteiger partial charge is 0.224 e. The minimum absolute atomic E-state index is 0.215. The Morgan fingerprint density at radius 3 is 2.10 bits per heavy atom. The molecule has 1 aliphatic rings. The molecule has 0 saturated heterocycles. The van der Waals surface area contributed by atoms with Crippen LogP contribution in [0.25, 0.3) is 0 Å². The first kappa shape index (κ1) is 7.54. The minimum Gasteiger partial charge on any atom is -0.369 e. The first-order valence-electron chi connectivity index (χ1n) is 3.71. The van der Waals surface area contributed by atoms with Gasteiger partial charge in [-0.05, 0) is 12.8 Å². The number of amides is 1. The zero-order valence-corrected chi connectivity index (χ0v) is 6.10. The topological polar surface area (TPSA) is 69.1 Å². The molecule has 0 aromatic carbocycles. The van der Waals surface area contributed by atoms with Gasteiger partial charge < -0.3 is 11.5 Å². The zero-order valence-electron chi connectivity index (χ0n) is 6.10. The molecule has 1 fully saturated rings. The molecular weight excluding hydrogens is 128 g/mol. The monoisotopic (exact) mass is 142 g/mol. The van der Waals surface area contributed by atoms with Crippen molar-refractivity contribution in [2.75, 3.05) is 6.54 Å². The summed E-state index contributed by atoms with van der Waals surface area (Å²) < 4.78 is 0. The van der Waals surface area contributed by atoms with Gasteiger partial charge >= 0.3 is 0 Å². The van der Waals surface area contributed by atoms with Crippen molar-refractivity contribution >= 4 is 5.91 Å². The average Bonchev–Trinajstić information content (AvgIpc) is 2.35. The van der Waals surface area contributed by atoms with E-state index in [4.69, 9.17) is 11.5 Å². The van der Waals surface area contributed by atoms with Gasteiger partial charge in [0.25, 0.3) is 0 Å². The molecule has 4 N–H and O–H groups in total. The van der Waals surface area contributed by atoms with Crippen LogP contribution in [0.15, 0.2) is 0 Å². The Labute approximate surface area is 60.8 Å². The number of primary amides is 1. The molecule has 1 aliphatic carbocycles. The van der Waals surface area contributed by atoms with Crippen molar-refractivity contribution in [1.29, 1.82) is 0 Å². The standard InChI is InChI=1S/C7H14N2O/c8-5-7(6(9)10)3-1-2-4-7/h1-5,8H2,(H2,9,10). The molecule has 58 valence electrons. The summed E-state index contributed by atoms with van der Waals surface area (Å²) in [4.78, 5) is 10.9. The van der Waals surface area contributed by atoms with Crippen LogP contribution >= 0.6 is 0 Å². The summed E-state index contributed by atoms with van der Waals surface area (Å²) in [5.41, 5.74) is 10.3. The van der Waals surface area contributed by atoms with E-state index in [2.05, 4.69) is 0 Å². The van der Waals surface area contributed by atoms with Crippen LogP contribution in [-0.2, 0) is 4.79 Å². The van der Waals surface area contributed by atoms with E-state index < -0.39 is 0 Å². The molecule has 1 saturated carbocycles. The molecule has 10 heavy (non-hydrogen) atoms. The van der Waals surface area contributed by atoms with Crippen molar-refractivity contribution in [3.05, 3.63) is 0 Å². The van der Waals surface area contributed by atoms with Gasteiger partial charge in [0, 0.05) is 6.54 Å². The maximum absolute atomic E-state index is 10.9. The summed E-state index contributed by atoms with van der Waals surface area (Å²) in [5, 5.41) is 0. The van der Waals surface area contributed by atoms with E-state index >= 15 is 0 Å². The van der Waals surface area contributed by atoms with Crippen LogP contribution in [-0.4, -0.2) is 12.5 Å². The predicted molar refractivity (Wildman–Crippen MR) is 39.1 cm³/mol. The summed E-state index contributed by atoms with van der Waals surface area (Å²) in [5.74, 6) is -0.215. The highest BCUT2D eigenvalue weighted by Gasteiger charge is 2.37. The number of hydrogen-bond acceptors (Lipinski definition) is 2. The van der Waals surface area contributed by atoms with Gasteiger partial charge in [-0.1, -0.05) is 12.8 Å². The van der Waals surface area contributed by atoms with Crippen molar-refractivity contribution in [2.45, 2.75) is 25.7 Å². The van der Waals surface area contributed by atoms with E-state index in [1.807, 2.05) is 0 Å². The van der Waals surface area contributed by atoms with Gasteiger partial charge in [-0.2, -0.15) is 0 Å². The van der Waals surface area contributed by atoms with Crippen molar-refractivity contribution in [3.8, 4) is 0 Å². The molecular formula is C7H14N2O. The fraction of sp³-hybridized carbons (Fsp3) is 0.857. The molecule has 0 bridgehead atoms. The van der Waals surface area contributed by atoms with E-state index in [0.29, 0.717) is 6.54 Å². The number of carbonyl (C=O) groups is 1. The predicted octanol–water partition coefficient (Wildman–Crippen LogP) is -0.00920. The number of rotatable bonds is 2. The summed E-state index contributed by atoms with van der Waals surface area (Å²) in [7, 11) is 0. The van der Waals surface area contributed by atoms with Gasteiger partial charge in [0.1, 0.15) is 0 Å². The quantitative estimate of drug-likeness (QED) is 0.569. The van der Waals surface area contributed by atoms with E-state index in [0.717, 1.165) is 25.7 Å². The highest BCUT2D eigenvalue weighted by Crippen LogP contribution is 2.36. The average molecular weight is 142 g/mol. The Kier molecular flexibility index (Phi) is 1.94. The first-order chi connectivity index (χ1) is 4.71. The third kappa shape index (κ3) is 1.01. The minimum atomic E-state index is -0.347. The van der Waals surface area contributed by atoms with E-state index in [1.54, 1.807) is 0 Å². The molecule has 0 heterocycles. The molecule has 0 radical (unpaired) electrons. The molecule has 1 amide bonds. The summed E-state index contributed by atoms with van der Waals surface area (Å²) in [6, 6.07) is 0. The van der Waals surface area contributed by atoms with Crippen LogP contribution in [0.2, 0.25) is 0 Å². The highest BCUT2D eigenvalue weighted by molar-refractivity contribution is 5.81. The largest absolute Gasteiger partial charge is 0.369 e. The lowest BCUT2D eigenvalue weighted by molar-refractivity contribution is -0.126. The van der Waals surface area contributed by atoms with Crippen molar-refractivity contribution in [2.24, 2.45) is 16.9 Å². The van der Waals surface area contributed by atoms with Gasteiger partial charge in [0.05, 0.1) is 5.41 Å². The maximum atomic E-state index is 10.9. The second-order valence-electron chi connectivity index (χ2n) is 3.06. The molecule has 0 aromatic rings. The van der Waals surface area contributed by atoms with Crippen molar-refractivity contribution in [3.63, 3.8) is 0 Å². The van der Waals surface area contributed by atoms with E-state index in [9.17, 15) is 4.79 Å². The molecule has 0 atom stereocenters. The highest BCUT2D eigenvalue weighted by atomic mass is 16.1. The maximum Gasteiger partial charge on any atom is 0.224 e. The molecule has 1 rings (SSSR count). The Bertz CT molecular complexity index is 139. The lowest BCUT2D eigenvalue weighted by Crippen LogP contribution is -2.40. The third-order valence-electron chi connectivity index (χ3n) is 2.47. The van der Waals surface area contributed by atoms with Gasteiger partial charge in [-0.15, -0.1) is 0 Å². The van der Waals surface area contributed by atoms with Gasteiger partial charge in [-0.25, -0.2) is 0 Å². The van der Waals surface area contributed by atoms with Gasteiger partial charge in [0.15, 0.2) is 0 Å². The lowest BCUT2D eigenvalue weighted by Gasteiger charge is -2.21. The zero-order chi connectivity index (χ0) is 7.61. The molecule has 3 heteroatoms. The summed E-state index contributed by atoms with van der Waals surface area (Å²) in [6.45, 7) is 0.419. The van der Waals surface area contributed by atoms with Crippen molar-refractivity contribution < 1.29 is 4.79 Å². The fourth-order valence-electron chi connectivity index (χ4n) is 1.60. The Hall–Kier alpha value is -0.570. The normalized spacial score (nSPS) is 22.9. The Morgan fingerprint density at radius 2 is 1.90 bits per heavy atom. The molecule has 0 aliphatic heterocycles. The molecule has 0 aromatic heterocycles. The van der Waals surface area contributed by atoms with Crippen LogP contribution in [0, 0.1) is 5.41 Å². The molecule has 0 spiro atoms. The summed E-state index contributed by atoms with van der Waals surface area (Å²) in [6.07, 6.45) is 3.97. The number of carbonyl (C=O) groups excluding carboxylic acids is 1. The van der Waals surface area contributed by atoms with Crippen LogP contribution in [0.4, 0.5) is 0 Å². The molecule has 3 nitrogen and oxygen atoms in total. The molecule has 0 unspecified atom stereocenters. The fourth-order valence-corrected chi connectivity index (χ4v) is 1.60. The Morgan fingerprint density at radius 1 is 1.40 bits per heavy atom. The van der Waals surface area contributed by atoms with Gasteiger partial charge in [0.2, 0.25) is 5.91 Å². The van der Waals surface area contributed by atoms with Crippen LogP contribution in [0.1, 0.15) is 25.7 Å².